The van der Waals surface area contributed by atoms with Crippen LogP contribution in [0.25, 0.3) is 11.1 Å². The van der Waals surface area contributed by atoms with Crippen molar-refractivity contribution in [2.24, 2.45) is 11.5 Å². The highest BCUT2D eigenvalue weighted by atomic mass is 79.9. The zero-order valence-electron chi connectivity index (χ0n) is 42.4. The molecule has 2 unspecified atom stereocenters. The third kappa shape index (κ3) is 16.1. The number of aldehydes is 1. The van der Waals surface area contributed by atoms with Crippen LogP contribution >= 0.6 is 31.9 Å². The van der Waals surface area contributed by atoms with Gasteiger partial charge in [0, 0.05) is 105 Å². The molecule has 0 aromatic carbocycles. The number of hydrogen-bond donors (Lipinski definition) is 2. The van der Waals surface area contributed by atoms with Gasteiger partial charge in [0.1, 0.15) is 11.6 Å². The molecule has 8 heterocycles. The topological polar surface area (TPSA) is 261 Å². The molecule has 0 radical (unpaired) electrons. The van der Waals surface area contributed by atoms with Crippen molar-refractivity contribution in [2.45, 2.75) is 104 Å². The lowest BCUT2D eigenvalue weighted by Gasteiger charge is -2.32. The van der Waals surface area contributed by atoms with Crippen molar-refractivity contribution in [3.63, 3.8) is 0 Å². The van der Waals surface area contributed by atoms with E-state index in [1.165, 1.54) is 16.0 Å². The summed E-state index contributed by atoms with van der Waals surface area (Å²) in [5.41, 5.74) is 17.1. The number of aromatic nitrogens is 5. The Hall–Kier alpha value is -5.20. The molecule has 392 valence electrons. The van der Waals surface area contributed by atoms with Crippen LogP contribution in [0.4, 0.5) is 21.2 Å². The number of primary amides is 2. The first-order valence-corrected chi connectivity index (χ1v) is 29.0. The fourth-order valence-corrected chi connectivity index (χ4v) is 11.1. The monoisotopic (exact) mass is 1170 g/mol. The van der Waals surface area contributed by atoms with Gasteiger partial charge in [0.15, 0.2) is 26.0 Å². The number of aryl methyl sites for hydroxylation is 2. The molecule has 0 bridgehead atoms. The van der Waals surface area contributed by atoms with Gasteiger partial charge in [-0.3, -0.25) is 29.5 Å². The lowest BCUT2D eigenvalue weighted by molar-refractivity contribution is 0.00578. The number of urea groups is 2. The second-order valence-corrected chi connectivity index (χ2v) is 25.6. The normalized spacial score (nSPS) is 16.4. The van der Waals surface area contributed by atoms with Crippen molar-refractivity contribution in [1.29, 1.82) is 0 Å². The van der Waals surface area contributed by atoms with Gasteiger partial charge in [-0.1, -0.05) is 33.8 Å². The predicted molar refractivity (Wildman–Crippen MR) is 293 cm³/mol. The average Bonchev–Trinajstić information content (AvgIpc) is 3.58. The number of sulfone groups is 2. The molecule has 5 aromatic heterocycles. The van der Waals surface area contributed by atoms with Gasteiger partial charge < -0.3 is 20.8 Å². The summed E-state index contributed by atoms with van der Waals surface area (Å²) in [7, 11) is -6.42. The SMILES string of the molecule is CC1(C)OB(c2cnc3c(c2)CCCN3C(N)=O)OC1(C)C.CCS(=O)(=O)CC(C)c1cncc(-c2cnc3c(c2)CCCN3C(N)=O)c1.CCS(=O)(=O)CC(C)c1cncc(Br)c1.O=Cc1cncc(Br)c1. The number of carbonyl (C=O) groups is 3. The zero-order valence-corrected chi connectivity index (χ0v) is 47.2. The minimum atomic E-state index is -3.06. The summed E-state index contributed by atoms with van der Waals surface area (Å²) in [6.07, 6.45) is 17.6. The first kappa shape index (κ1) is 58.7. The van der Waals surface area contributed by atoms with E-state index in [0.29, 0.717) is 30.3 Å². The lowest BCUT2D eigenvalue weighted by atomic mass is 9.79. The predicted octanol–water partition coefficient (Wildman–Crippen LogP) is 7.76. The molecule has 3 aliphatic rings. The van der Waals surface area contributed by atoms with E-state index in [1.54, 1.807) is 63.3 Å². The van der Waals surface area contributed by atoms with Gasteiger partial charge in [0.25, 0.3) is 0 Å². The van der Waals surface area contributed by atoms with Gasteiger partial charge in [-0.05, 0) is 144 Å². The summed E-state index contributed by atoms with van der Waals surface area (Å²) in [4.78, 5) is 57.1. The highest BCUT2D eigenvalue weighted by Gasteiger charge is 2.52. The van der Waals surface area contributed by atoms with Crippen LogP contribution in [-0.2, 0) is 41.8 Å². The number of fused-ring (bicyclic) bond motifs is 2. The van der Waals surface area contributed by atoms with Gasteiger partial charge >= 0.3 is 19.2 Å². The van der Waals surface area contributed by atoms with E-state index in [4.69, 9.17) is 20.8 Å². The van der Waals surface area contributed by atoms with Crippen LogP contribution in [-0.4, -0.2) is 115 Å². The molecule has 8 rings (SSSR count). The Morgan fingerprint density at radius 1 is 0.671 bits per heavy atom. The van der Waals surface area contributed by atoms with Crippen LogP contribution in [0.2, 0.25) is 0 Å². The molecule has 1 fully saturated rings. The van der Waals surface area contributed by atoms with E-state index in [2.05, 4.69) is 56.8 Å². The molecular weight excluding hydrogens is 1110 g/mol. The highest BCUT2D eigenvalue weighted by Crippen LogP contribution is 2.37. The van der Waals surface area contributed by atoms with Gasteiger partial charge in [-0.25, -0.2) is 36.4 Å². The number of carbonyl (C=O) groups excluding carboxylic acids is 3. The van der Waals surface area contributed by atoms with Crippen molar-refractivity contribution >= 4 is 94.1 Å². The summed E-state index contributed by atoms with van der Waals surface area (Å²) in [6.45, 7) is 16.4. The number of amides is 4. The Balaban J connectivity index is 0.000000193. The van der Waals surface area contributed by atoms with Gasteiger partial charge in [-0.15, -0.1) is 0 Å². The van der Waals surface area contributed by atoms with Crippen molar-refractivity contribution in [3.8, 4) is 11.1 Å². The van der Waals surface area contributed by atoms with Crippen molar-refractivity contribution in [2.75, 3.05) is 45.9 Å². The van der Waals surface area contributed by atoms with Crippen LogP contribution < -0.4 is 26.7 Å². The molecule has 0 aliphatic carbocycles. The maximum atomic E-state index is 11.9. The average molecular weight is 1170 g/mol. The van der Waals surface area contributed by atoms with E-state index >= 15 is 0 Å². The van der Waals surface area contributed by atoms with E-state index in [1.807, 2.05) is 65.8 Å². The number of nitrogens with two attached hydrogens (primary N) is 2. The summed E-state index contributed by atoms with van der Waals surface area (Å²) in [5.74, 6) is 1.72. The van der Waals surface area contributed by atoms with Crippen LogP contribution in [0, 0.1) is 0 Å². The van der Waals surface area contributed by atoms with Crippen LogP contribution in [0.5, 0.6) is 0 Å². The Kier molecular flexibility index (Phi) is 20.4. The molecule has 18 nitrogen and oxygen atoms in total. The van der Waals surface area contributed by atoms with Crippen LogP contribution in [0.15, 0.2) is 88.9 Å². The molecule has 4 N–H and O–H groups in total. The smallest absolute Gasteiger partial charge is 0.399 e. The number of rotatable bonds is 11. The highest BCUT2D eigenvalue weighted by molar-refractivity contribution is 9.10. The Bertz CT molecular complexity index is 2970. The molecule has 1 saturated heterocycles. The summed E-state index contributed by atoms with van der Waals surface area (Å²) < 4.78 is 60.5. The fraction of sp³-hybridized carbons (Fsp3) is 0.440. The molecule has 5 aromatic rings. The van der Waals surface area contributed by atoms with E-state index in [9.17, 15) is 31.2 Å². The third-order valence-corrected chi connectivity index (χ3v) is 17.5. The lowest BCUT2D eigenvalue weighted by Crippen LogP contribution is -2.41. The van der Waals surface area contributed by atoms with Crippen molar-refractivity contribution in [3.05, 3.63) is 117 Å². The minimum absolute atomic E-state index is 0.0139. The molecule has 73 heavy (non-hydrogen) atoms. The third-order valence-electron chi connectivity index (χ3n) is 12.8. The summed E-state index contributed by atoms with van der Waals surface area (Å²) >= 11 is 6.50. The van der Waals surface area contributed by atoms with E-state index < -0.39 is 38.9 Å². The molecule has 4 amide bonds. The van der Waals surface area contributed by atoms with Gasteiger partial charge in [-0.2, -0.15) is 0 Å². The molecule has 0 spiro atoms. The number of halogens is 2. The zero-order chi connectivity index (χ0) is 53.9. The standard InChI is InChI=1S/C19H24N4O3S.C15H22BN3O3.C10H14BrNO2S.C6H4BrNO/c1-3-27(25,26)12-13(2)15-8-16(10-21-9-15)17-7-14-5-4-6-23(19(20)24)18(14)22-11-17;1-14(2)15(3,4)22-16(21-14)11-8-10-6-5-7-19(13(17)20)12(10)18-9-11;1-3-15(13,14)7-8(2)9-4-10(11)6-12-5-9;7-6-1-5(4-9)2-8-3-6/h7-11,13H,3-6,12H2,1-2H3,(H2,20,24);8-9H,5-7H2,1-4H3,(H2,17,20);4-6,8H,3,7H2,1-2H3;1-4H. The number of anilines is 2. The Morgan fingerprint density at radius 2 is 1.12 bits per heavy atom. The summed E-state index contributed by atoms with van der Waals surface area (Å²) in [5, 5.41) is 0. The second kappa shape index (κ2) is 25.4. The van der Waals surface area contributed by atoms with E-state index in [-0.39, 0.29) is 46.0 Å². The van der Waals surface area contributed by atoms with Gasteiger partial charge in [0.2, 0.25) is 0 Å². The molecule has 3 aliphatic heterocycles. The van der Waals surface area contributed by atoms with E-state index in [0.717, 1.165) is 79.8 Å². The maximum absolute atomic E-state index is 11.9. The number of hydrogen-bond acceptors (Lipinski definition) is 14. The molecular formula is C50H64BBr2N9O9S2. The summed E-state index contributed by atoms with van der Waals surface area (Å²) in [6, 6.07) is 8.64. The van der Waals surface area contributed by atoms with Gasteiger partial charge in [0.05, 0.1) is 22.7 Å². The number of pyridine rings is 5. The molecule has 23 heteroatoms. The maximum Gasteiger partial charge on any atom is 0.496 e. The quantitative estimate of drug-likeness (QED) is 0.0946. The second-order valence-electron chi connectivity index (χ2n) is 18.9. The van der Waals surface area contributed by atoms with Crippen molar-refractivity contribution in [1.82, 2.24) is 24.9 Å². The number of nitrogens with zero attached hydrogens (tertiary/aromatic N) is 7. The minimum Gasteiger partial charge on any atom is -0.399 e. The first-order chi connectivity index (χ1) is 34.3. The van der Waals surface area contributed by atoms with Crippen molar-refractivity contribution < 1.29 is 40.5 Å². The van der Waals surface area contributed by atoms with Crippen LogP contribution in [0.3, 0.4) is 0 Å². The first-order valence-electron chi connectivity index (χ1n) is 23.8. The molecule has 2 atom stereocenters. The largest absolute Gasteiger partial charge is 0.496 e. The van der Waals surface area contributed by atoms with Crippen LogP contribution in [0.1, 0.15) is 113 Å². The fourth-order valence-electron chi connectivity index (χ4n) is 7.91. The molecule has 0 saturated carbocycles. The Labute approximate surface area is 446 Å². The Morgan fingerprint density at radius 3 is 1.59 bits per heavy atom.